The first-order valence-electron chi connectivity index (χ1n) is 7.42. The van der Waals surface area contributed by atoms with E-state index in [0.29, 0.717) is 5.56 Å². The minimum atomic E-state index is -3.51. The molecule has 1 aromatic carbocycles. The second-order valence-corrected chi connectivity index (χ2v) is 7.80. The van der Waals surface area contributed by atoms with Crippen LogP contribution < -0.4 is 10.6 Å². The molecule has 130 valence electrons. The van der Waals surface area contributed by atoms with Crippen molar-refractivity contribution in [1.29, 1.82) is 0 Å². The van der Waals surface area contributed by atoms with E-state index in [1.54, 1.807) is 19.2 Å². The van der Waals surface area contributed by atoms with Crippen LogP contribution in [0.3, 0.4) is 0 Å². The number of benzene rings is 1. The Morgan fingerprint density at radius 3 is 2.39 bits per heavy atom. The van der Waals surface area contributed by atoms with Crippen LogP contribution in [0.5, 0.6) is 0 Å². The molecule has 0 aromatic heterocycles. The molecule has 1 aliphatic rings. The van der Waals surface area contributed by atoms with Crippen molar-refractivity contribution in [3.05, 3.63) is 29.8 Å². The summed E-state index contributed by atoms with van der Waals surface area (Å²) in [6, 6.07) is 6.09. The zero-order valence-corrected chi connectivity index (χ0v) is 15.2. The lowest BCUT2D eigenvalue weighted by Crippen LogP contribution is -2.36. The fourth-order valence-electron chi connectivity index (χ4n) is 2.27. The van der Waals surface area contributed by atoms with Crippen LogP contribution >= 0.6 is 12.4 Å². The van der Waals surface area contributed by atoms with Crippen molar-refractivity contribution in [3.8, 4) is 0 Å². The Morgan fingerprint density at radius 2 is 1.91 bits per heavy atom. The van der Waals surface area contributed by atoms with Crippen LogP contribution in [0.1, 0.15) is 30.6 Å². The maximum Gasteiger partial charge on any atom is 0.251 e. The van der Waals surface area contributed by atoms with Gasteiger partial charge in [0.15, 0.2) is 0 Å². The second-order valence-electron chi connectivity index (χ2n) is 5.80. The fourth-order valence-corrected chi connectivity index (χ4v) is 3.64. The summed E-state index contributed by atoms with van der Waals surface area (Å²) in [5.41, 5.74) is 0.470. The van der Waals surface area contributed by atoms with E-state index in [-0.39, 0.29) is 35.3 Å². The molecule has 23 heavy (non-hydrogen) atoms. The van der Waals surface area contributed by atoms with Gasteiger partial charge < -0.3 is 10.6 Å². The molecule has 0 spiro atoms. The molecular formula is C15H24ClN3O3S. The van der Waals surface area contributed by atoms with Crippen LogP contribution in [0.4, 0.5) is 0 Å². The largest absolute Gasteiger partial charge is 0.348 e. The van der Waals surface area contributed by atoms with Gasteiger partial charge in [-0.15, -0.1) is 12.4 Å². The van der Waals surface area contributed by atoms with Gasteiger partial charge in [-0.3, -0.25) is 4.79 Å². The maximum absolute atomic E-state index is 12.4. The molecule has 0 bridgehead atoms. The zero-order chi connectivity index (χ0) is 16.3. The Labute approximate surface area is 144 Å². The quantitative estimate of drug-likeness (QED) is 0.826. The number of hydrogen-bond acceptors (Lipinski definition) is 4. The van der Waals surface area contributed by atoms with Gasteiger partial charge in [0.05, 0.1) is 4.90 Å². The first-order valence-corrected chi connectivity index (χ1v) is 8.86. The van der Waals surface area contributed by atoms with Crippen LogP contribution in [0, 0.1) is 0 Å². The van der Waals surface area contributed by atoms with Crippen molar-refractivity contribution < 1.29 is 13.2 Å². The number of rotatable bonds is 5. The normalized spacial score (nSPS) is 18.0. The molecule has 1 heterocycles. The summed E-state index contributed by atoms with van der Waals surface area (Å²) in [4.78, 5) is 12.3. The third kappa shape index (κ3) is 4.67. The van der Waals surface area contributed by atoms with E-state index in [1.807, 2.05) is 13.8 Å². The SMILES string of the molecule is CC(C)N(C)S(=O)(=O)c1ccc(C(=O)NC2CCNC2)cc1.Cl. The predicted molar refractivity (Wildman–Crippen MR) is 92.5 cm³/mol. The molecule has 0 radical (unpaired) electrons. The second kappa shape index (κ2) is 8.10. The standard InChI is InChI=1S/C15H23N3O3S.ClH/c1-11(2)18(3)22(20,21)14-6-4-12(5-7-14)15(19)17-13-8-9-16-10-13;/h4-7,11,13,16H,8-10H2,1-3H3,(H,17,19);1H. The first-order chi connectivity index (χ1) is 10.3. The highest BCUT2D eigenvalue weighted by atomic mass is 35.5. The summed E-state index contributed by atoms with van der Waals surface area (Å²) in [6.45, 7) is 5.31. The summed E-state index contributed by atoms with van der Waals surface area (Å²) >= 11 is 0. The zero-order valence-electron chi connectivity index (χ0n) is 13.6. The van der Waals surface area contributed by atoms with Crippen LogP contribution in [0.25, 0.3) is 0 Å². The minimum absolute atomic E-state index is 0. The molecule has 1 atom stereocenters. The molecule has 8 heteroatoms. The van der Waals surface area contributed by atoms with E-state index in [0.717, 1.165) is 19.5 Å². The molecule has 1 aliphatic heterocycles. The molecule has 2 N–H and O–H groups in total. The first kappa shape index (κ1) is 19.9. The monoisotopic (exact) mass is 361 g/mol. The Morgan fingerprint density at radius 1 is 1.30 bits per heavy atom. The van der Waals surface area contributed by atoms with Crippen molar-refractivity contribution in [2.75, 3.05) is 20.1 Å². The molecule has 1 fully saturated rings. The lowest BCUT2D eigenvalue weighted by molar-refractivity contribution is 0.0940. The van der Waals surface area contributed by atoms with E-state index < -0.39 is 10.0 Å². The topological polar surface area (TPSA) is 78.5 Å². The van der Waals surface area contributed by atoms with Crippen LogP contribution in [0.15, 0.2) is 29.2 Å². The maximum atomic E-state index is 12.4. The molecule has 0 saturated carbocycles. The minimum Gasteiger partial charge on any atom is -0.348 e. The molecule has 1 aromatic rings. The molecule has 1 unspecified atom stereocenters. The summed E-state index contributed by atoms with van der Waals surface area (Å²) in [5, 5.41) is 6.11. The molecule has 1 saturated heterocycles. The van der Waals surface area contributed by atoms with Gasteiger partial charge in [-0.05, 0) is 51.1 Å². The highest BCUT2D eigenvalue weighted by Gasteiger charge is 2.23. The summed E-state index contributed by atoms with van der Waals surface area (Å²) < 4.78 is 26.0. The van der Waals surface area contributed by atoms with Gasteiger partial charge in [-0.2, -0.15) is 4.31 Å². The van der Waals surface area contributed by atoms with Crippen LogP contribution in [-0.4, -0.2) is 50.9 Å². The summed E-state index contributed by atoms with van der Waals surface area (Å²) in [7, 11) is -1.96. The number of halogens is 1. The molecule has 2 rings (SSSR count). The summed E-state index contributed by atoms with van der Waals surface area (Å²) in [6.07, 6.45) is 0.914. The van der Waals surface area contributed by atoms with Crippen molar-refractivity contribution in [3.63, 3.8) is 0 Å². The van der Waals surface area contributed by atoms with Crippen molar-refractivity contribution in [2.24, 2.45) is 0 Å². The van der Waals surface area contributed by atoms with Gasteiger partial charge in [-0.25, -0.2) is 8.42 Å². The number of hydrogen-bond donors (Lipinski definition) is 2. The third-order valence-electron chi connectivity index (χ3n) is 3.92. The van der Waals surface area contributed by atoms with E-state index in [1.165, 1.54) is 16.4 Å². The number of carbonyl (C=O) groups is 1. The predicted octanol–water partition coefficient (Wildman–Crippen LogP) is 1.23. The van der Waals surface area contributed by atoms with E-state index >= 15 is 0 Å². The van der Waals surface area contributed by atoms with Gasteiger partial charge in [0, 0.05) is 31.2 Å². The van der Waals surface area contributed by atoms with Crippen molar-refractivity contribution in [2.45, 2.75) is 37.2 Å². The lowest BCUT2D eigenvalue weighted by atomic mass is 10.2. The average molecular weight is 362 g/mol. The number of sulfonamides is 1. The highest BCUT2D eigenvalue weighted by molar-refractivity contribution is 7.89. The van der Waals surface area contributed by atoms with E-state index in [9.17, 15) is 13.2 Å². The van der Waals surface area contributed by atoms with E-state index in [2.05, 4.69) is 10.6 Å². The van der Waals surface area contributed by atoms with Crippen LogP contribution in [-0.2, 0) is 10.0 Å². The third-order valence-corrected chi connectivity index (χ3v) is 5.96. The van der Waals surface area contributed by atoms with Crippen molar-refractivity contribution in [1.82, 2.24) is 14.9 Å². The van der Waals surface area contributed by atoms with Gasteiger partial charge in [-0.1, -0.05) is 0 Å². The Hall–Kier alpha value is -1.15. The Balaban J connectivity index is 0.00000264. The van der Waals surface area contributed by atoms with Crippen LogP contribution in [0.2, 0.25) is 0 Å². The fraction of sp³-hybridized carbons (Fsp3) is 0.533. The Kier molecular flexibility index (Phi) is 7.01. The van der Waals surface area contributed by atoms with Crippen molar-refractivity contribution >= 4 is 28.3 Å². The molecule has 1 amide bonds. The van der Waals surface area contributed by atoms with Gasteiger partial charge in [0.25, 0.3) is 5.91 Å². The van der Waals surface area contributed by atoms with Gasteiger partial charge >= 0.3 is 0 Å². The lowest BCUT2D eigenvalue weighted by Gasteiger charge is -2.21. The number of nitrogens with zero attached hydrogens (tertiary/aromatic N) is 1. The van der Waals surface area contributed by atoms with E-state index in [4.69, 9.17) is 0 Å². The van der Waals surface area contributed by atoms with Gasteiger partial charge in [0.1, 0.15) is 0 Å². The smallest absolute Gasteiger partial charge is 0.251 e. The summed E-state index contributed by atoms with van der Waals surface area (Å²) in [5.74, 6) is -0.171. The molecular weight excluding hydrogens is 338 g/mol. The Bertz CT molecular complexity index is 626. The number of carbonyl (C=O) groups excluding carboxylic acids is 1. The molecule has 0 aliphatic carbocycles. The molecule has 6 nitrogen and oxygen atoms in total. The number of nitrogens with one attached hydrogen (secondary N) is 2. The average Bonchev–Trinajstić information content (AvgIpc) is 2.99. The number of amides is 1. The van der Waals surface area contributed by atoms with Gasteiger partial charge in [0.2, 0.25) is 10.0 Å². The highest BCUT2D eigenvalue weighted by Crippen LogP contribution is 2.17.